The van der Waals surface area contributed by atoms with E-state index in [0.29, 0.717) is 29.0 Å². The Balaban J connectivity index is 1.44. The normalized spacial score (nSPS) is 18.0. The van der Waals surface area contributed by atoms with E-state index >= 15 is 0 Å². The molecular formula is C25H22FN5O. The highest BCUT2D eigenvalue weighted by molar-refractivity contribution is 6.06. The largest absolute Gasteiger partial charge is 0.366 e. The third-order valence-electron chi connectivity index (χ3n) is 5.97. The van der Waals surface area contributed by atoms with Gasteiger partial charge in [-0.15, -0.1) is 0 Å². The molecule has 6 nitrogen and oxygen atoms in total. The van der Waals surface area contributed by atoms with Gasteiger partial charge in [0.15, 0.2) is 0 Å². The fraction of sp³-hybridized carbons (Fsp3) is 0.160. The number of nitrogens with one attached hydrogen (secondary N) is 2. The summed E-state index contributed by atoms with van der Waals surface area (Å²) in [5.41, 5.74) is 8.72. The lowest BCUT2D eigenvalue weighted by Gasteiger charge is -2.22. The SMILES string of the molecule is NC(=O)c1cccc2c(N[C@H]3CNC[C@@H]3c3ccc(-c4ccccc4)c(F)c3)ncnc12. The number of carbonyl (C=O) groups excluding carboxylic acids is 1. The minimum absolute atomic E-state index is 0.00712. The van der Waals surface area contributed by atoms with Crippen molar-refractivity contribution in [3.8, 4) is 11.1 Å². The van der Waals surface area contributed by atoms with Crippen molar-refractivity contribution in [1.82, 2.24) is 15.3 Å². The number of halogens is 1. The number of para-hydroxylation sites is 1. The maximum atomic E-state index is 15.0. The standard InChI is InChI=1S/C25H22FN5O/c26-21-11-16(9-10-17(21)15-5-2-1-3-6-15)20-12-28-13-22(20)31-25-19-8-4-7-18(24(27)32)23(19)29-14-30-25/h1-11,14,20,22,28H,12-13H2,(H2,27,32)(H,29,30,31)/t20-,22+/m1/s1. The summed E-state index contributed by atoms with van der Waals surface area (Å²) in [5, 5.41) is 7.58. The summed E-state index contributed by atoms with van der Waals surface area (Å²) in [6.45, 7) is 1.42. The third kappa shape index (κ3) is 3.67. The van der Waals surface area contributed by atoms with Gasteiger partial charge in [0.2, 0.25) is 0 Å². The van der Waals surface area contributed by atoms with Crippen LogP contribution in [0.15, 0.2) is 73.1 Å². The van der Waals surface area contributed by atoms with E-state index in [4.69, 9.17) is 5.73 Å². The maximum Gasteiger partial charge on any atom is 0.250 e. The summed E-state index contributed by atoms with van der Waals surface area (Å²) < 4.78 is 15.0. The van der Waals surface area contributed by atoms with Crippen LogP contribution in [0.4, 0.5) is 10.2 Å². The third-order valence-corrected chi connectivity index (χ3v) is 5.97. The van der Waals surface area contributed by atoms with Gasteiger partial charge in [0.25, 0.3) is 5.91 Å². The molecule has 1 aliphatic heterocycles. The molecule has 2 heterocycles. The highest BCUT2D eigenvalue weighted by atomic mass is 19.1. The molecule has 1 fully saturated rings. The Morgan fingerprint density at radius 2 is 1.88 bits per heavy atom. The smallest absolute Gasteiger partial charge is 0.250 e. The van der Waals surface area contributed by atoms with Crippen molar-refractivity contribution in [1.29, 1.82) is 0 Å². The Kier molecular flexibility index (Phi) is 5.25. The Labute approximate surface area is 184 Å². The van der Waals surface area contributed by atoms with Crippen LogP contribution in [-0.2, 0) is 0 Å². The van der Waals surface area contributed by atoms with Gasteiger partial charge in [-0.25, -0.2) is 14.4 Å². The van der Waals surface area contributed by atoms with Gasteiger partial charge in [-0.3, -0.25) is 4.79 Å². The van der Waals surface area contributed by atoms with Crippen molar-refractivity contribution in [2.24, 2.45) is 5.73 Å². The molecule has 160 valence electrons. The number of amides is 1. The maximum absolute atomic E-state index is 15.0. The van der Waals surface area contributed by atoms with E-state index < -0.39 is 5.91 Å². The average molecular weight is 427 g/mol. The lowest BCUT2D eigenvalue weighted by molar-refractivity contribution is 0.100. The van der Waals surface area contributed by atoms with Gasteiger partial charge in [-0.05, 0) is 29.3 Å². The first kappa shape index (κ1) is 20.1. The number of nitrogens with zero attached hydrogens (tertiary/aromatic N) is 2. The summed E-state index contributed by atoms with van der Waals surface area (Å²) in [4.78, 5) is 20.4. The van der Waals surface area contributed by atoms with Crippen molar-refractivity contribution < 1.29 is 9.18 Å². The zero-order valence-electron chi connectivity index (χ0n) is 17.3. The quantitative estimate of drug-likeness (QED) is 0.452. The van der Waals surface area contributed by atoms with Crippen LogP contribution >= 0.6 is 0 Å². The van der Waals surface area contributed by atoms with E-state index in [0.717, 1.165) is 23.1 Å². The number of fused-ring (bicyclic) bond motifs is 1. The molecule has 0 unspecified atom stereocenters. The first-order chi connectivity index (χ1) is 15.6. The van der Waals surface area contributed by atoms with Crippen molar-refractivity contribution in [3.05, 3.63) is 90.0 Å². The van der Waals surface area contributed by atoms with Gasteiger partial charge in [0, 0.05) is 36.0 Å². The van der Waals surface area contributed by atoms with E-state index in [1.165, 1.54) is 6.33 Å². The van der Waals surface area contributed by atoms with Gasteiger partial charge < -0.3 is 16.4 Å². The van der Waals surface area contributed by atoms with Crippen molar-refractivity contribution >= 4 is 22.6 Å². The van der Waals surface area contributed by atoms with E-state index in [2.05, 4.69) is 20.6 Å². The van der Waals surface area contributed by atoms with Crippen LogP contribution < -0.4 is 16.4 Å². The second-order valence-electron chi connectivity index (χ2n) is 7.91. The highest BCUT2D eigenvalue weighted by Crippen LogP contribution is 2.31. The molecule has 2 atom stereocenters. The predicted molar refractivity (Wildman–Crippen MR) is 123 cm³/mol. The van der Waals surface area contributed by atoms with Crippen LogP contribution in [0, 0.1) is 5.82 Å². The lowest BCUT2D eigenvalue weighted by atomic mass is 9.92. The highest BCUT2D eigenvalue weighted by Gasteiger charge is 2.30. The van der Waals surface area contributed by atoms with Crippen molar-refractivity contribution in [2.45, 2.75) is 12.0 Å². The minimum Gasteiger partial charge on any atom is -0.366 e. The summed E-state index contributed by atoms with van der Waals surface area (Å²) in [7, 11) is 0. The molecule has 4 N–H and O–H groups in total. The molecule has 7 heteroatoms. The molecule has 5 rings (SSSR count). The minimum atomic E-state index is -0.533. The topological polar surface area (TPSA) is 92.9 Å². The summed E-state index contributed by atoms with van der Waals surface area (Å²) >= 11 is 0. The molecular weight excluding hydrogens is 405 g/mol. The van der Waals surface area contributed by atoms with E-state index in [1.807, 2.05) is 48.5 Å². The van der Waals surface area contributed by atoms with E-state index in [-0.39, 0.29) is 17.8 Å². The molecule has 32 heavy (non-hydrogen) atoms. The number of aromatic nitrogens is 2. The molecule has 0 aliphatic carbocycles. The molecule has 1 amide bonds. The first-order valence-electron chi connectivity index (χ1n) is 10.5. The van der Waals surface area contributed by atoms with E-state index in [9.17, 15) is 9.18 Å². The first-order valence-corrected chi connectivity index (χ1v) is 10.5. The fourth-order valence-electron chi connectivity index (χ4n) is 4.37. The number of anilines is 1. The lowest BCUT2D eigenvalue weighted by Crippen LogP contribution is -2.28. The van der Waals surface area contributed by atoms with Gasteiger partial charge in [0.1, 0.15) is 18.0 Å². The van der Waals surface area contributed by atoms with Gasteiger partial charge in [-0.2, -0.15) is 0 Å². The number of hydrogen-bond donors (Lipinski definition) is 3. The van der Waals surface area contributed by atoms with Crippen LogP contribution in [0.25, 0.3) is 22.0 Å². The molecule has 4 aromatic rings. The van der Waals surface area contributed by atoms with Gasteiger partial charge >= 0.3 is 0 Å². The number of rotatable bonds is 5. The van der Waals surface area contributed by atoms with Gasteiger partial charge in [-0.1, -0.05) is 48.5 Å². The summed E-state index contributed by atoms with van der Waals surface area (Å²) in [6, 6.07) is 20.2. The second-order valence-corrected chi connectivity index (χ2v) is 7.91. The predicted octanol–water partition coefficient (Wildman–Crippen LogP) is 3.70. The van der Waals surface area contributed by atoms with Crippen molar-refractivity contribution in [3.63, 3.8) is 0 Å². The molecule has 1 aromatic heterocycles. The molecule has 0 saturated carbocycles. The van der Waals surface area contributed by atoms with Crippen LogP contribution in [0.1, 0.15) is 21.8 Å². The zero-order chi connectivity index (χ0) is 22.1. The van der Waals surface area contributed by atoms with Crippen LogP contribution in [0.5, 0.6) is 0 Å². The average Bonchev–Trinajstić information content (AvgIpc) is 3.27. The van der Waals surface area contributed by atoms with Crippen LogP contribution in [0.3, 0.4) is 0 Å². The summed E-state index contributed by atoms with van der Waals surface area (Å²) in [6.07, 6.45) is 1.42. The number of carbonyl (C=O) groups is 1. The Morgan fingerprint density at radius 1 is 1.03 bits per heavy atom. The van der Waals surface area contributed by atoms with Crippen LogP contribution in [-0.4, -0.2) is 35.0 Å². The molecule has 0 radical (unpaired) electrons. The molecule has 1 aliphatic rings. The fourth-order valence-corrected chi connectivity index (χ4v) is 4.37. The number of benzene rings is 3. The monoisotopic (exact) mass is 427 g/mol. The molecule has 0 bridgehead atoms. The Bertz CT molecular complexity index is 1290. The number of primary amides is 1. The van der Waals surface area contributed by atoms with Gasteiger partial charge in [0.05, 0.1) is 11.1 Å². The second kappa shape index (κ2) is 8.36. The number of nitrogens with two attached hydrogens (primary N) is 1. The van der Waals surface area contributed by atoms with E-state index in [1.54, 1.807) is 18.2 Å². The Morgan fingerprint density at radius 3 is 2.66 bits per heavy atom. The van der Waals surface area contributed by atoms with Crippen molar-refractivity contribution in [2.75, 3.05) is 18.4 Å². The molecule has 1 saturated heterocycles. The van der Waals surface area contributed by atoms with Crippen LogP contribution in [0.2, 0.25) is 0 Å². The Hall–Kier alpha value is -3.84. The molecule has 3 aromatic carbocycles. The summed E-state index contributed by atoms with van der Waals surface area (Å²) in [5.74, 6) is -0.0931. The number of hydrogen-bond acceptors (Lipinski definition) is 5. The molecule has 0 spiro atoms. The zero-order valence-corrected chi connectivity index (χ0v) is 17.3.